The number of anilines is 1. The van der Waals surface area contributed by atoms with Crippen LogP contribution in [-0.4, -0.2) is 104 Å². The number of hydrogen-bond donors (Lipinski definition) is 5. The lowest BCUT2D eigenvalue weighted by Crippen LogP contribution is -2.42. The smallest absolute Gasteiger partial charge is 0.411 e. The van der Waals surface area contributed by atoms with Crippen molar-refractivity contribution in [3.63, 3.8) is 0 Å². The summed E-state index contributed by atoms with van der Waals surface area (Å²) in [6, 6.07) is 9.06. The molecule has 2 amide bonds. The first kappa shape index (κ1) is 37.6. The Kier molecular flexibility index (Phi) is 16.0. The summed E-state index contributed by atoms with van der Waals surface area (Å²) >= 11 is 0. The molecule has 48 heavy (non-hydrogen) atoms. The molecule has 262 valence electrons. The van der Waals surface area contributed by atoms with E-state index < -0.39 is 36.5 Å². The fourth-order valence-corrected chi connectivity index (χ4v) is 4.43. The van der Waals surface area contributed by atoms with Gasteiger partial charge in [-0.2, -0.15) is 0 Å². The Morgan fingerprint density at radius 1 is 0.896 bits per heavy atom. The monoisotopic (exact) mass is 678 g/mol. The second-order valence-electron chi connectivity index (χ2n) is 10.2. The predicted molar refractivity (Wildman–Crippen MR) is 162 cm³/mol. The van der Waals surface area contributed by atoms with Crippen LogP contribution in [0.3, 0.4) is 0 Å². The molecule has 2 aromatic rings. The van der Waals surface area contributed by atoms with Gasteiger partial charge in [0.1, 0.15) is 25.6 Å². The molecule has 5 N–H and O–H groups in total. The number of amides is 2. The van der Waals surface area contributed by atoms with E-state index in [0.717, 1.165) is 0 Å². The normalized spacial score (nSPS) is 17.1. The topological polar surface area (TPSA) is 235 Å². The van der Waals surface area contributed by atoms with Crippen molar-refractivity contribution in [1.29, 1.82) is 0 Å². The van der Waals surface area contributed by atoms with Crippen molar-refractivity contribution < 1.29 is 72.5 Å². The van der Waals surface area contributed by atoms with Gasteiger partial charge in [0.05, 0.1) is 50.4 Å². The lowest BCUT2D eigenvalue weighted by molar-refractivity contribution is -0.195. The van der Waals surface area contributed by atoms with Crippen LogP contribution in [0, 0.1) is 0 Å². The number of carboxylic acid groups (broad SMARTS) is 1. The molecule has 1 fully saturated rings. The first-order valence-corrected chi connectivity index (χ1v) is 14.8. The lowest BCUT2D eigenvalue weighted by Gasteiger charge is -2.31. The summed E-state index contributed by atoms with van der Waals surface area (Å²) in [6.07, 6.45) is -4.48. The van der Waals surface area contributed by atoms with Gasteiger partial charge in [-0.15, -0.1) is 0 Å². The van der Waals surface area contributed by atoms with Gasteiger partial charge in [0.2, 0.25) is 6.29 Å². The second-order valence-corrected chi connectivity index (χ2v) is 10.2. The molecule has 1 aliphatic rings. The Labute approximate surface area is 275 Å². The molecule has 1 heterocycles. The van der Waals surface area contributed by atoms with Gasteiger partial charge >= 0.3 is 12.1 Å². The molecule has 3 rings (SSSR count). The number of benzene rings is 2. The molecule has 1 saturated heterocycles. The highest BCUT2D eigenvalue weighted by Gasteiger charge is 2.34. The summed E-state index contributed by atoms with van der Waals surface area (Å²) in [5.74, 6) is -1.82. The molecule has 0 radical (unpaired) electrons. The fraction of sp³-hybridized carbons (Fsp3) is 0.452. The van der Waals surface area contributed by atoms with E-state index in [1.807, 2.05) is 0 Å². The SMILES string of the molecule is O=COCc1ccc(NC(=O)OCc2ccc(OC3CC(O)CC(C(=O)O)O3)c(C(=O)NCCOCCOCCO)c2)c(COC=O)c1. The van der Waals surface area contributed by atoms with E-state index in [4.69, 9.17) is 38.3 Å². The number of carboxylic acids is 1. The average molecular weight is 679 g/mol. The summed E-state index contributed by atoms with van der Waals surface area (Å²) < 4.78 is 36.6. The number of rotatable bonds is 21. The number of aliphatic hydroxyl groups is 2. The van der Waals surface area contributed by atoms with E-state index in [9.17, 15) is 34.2 Å². The second kappa shape index (κ2) is 20.4. The third kappa shape index (κ3) is 12.8. The maximum absolute atomic E-state index is 13.2. The Hall–Kier alpha value is -4.81. The van der Waals surface area contributed by atoms with Crippen molar-refractivity contribution in [2.24, 2.45) is 0 Å². The van der Waals surface area contributed by atoms with Crippen LogP contribution in [0.5, 0.6) is 5.75 Å². The Bertz CT molecular complexity index is 1370. The molecule has 3 atom stereocenters. The molecule has 2 aromatic carbocycles. The van der Waals surface area contributed by atoms with Gasteiger partial charge in [0, 0.05) is 24.9 Å². The third-order valence-electron chi connectivity index (χ3n) is 6.63. The number of hydrogen-bond acceptors (Lipinski definition) is 14. The van der Waals surface area contributed by atoms with Crippen molar-refractivity contribution in [3.8, 4) is 5.75 Å². The van der Waals surface area contributed by atoms with Gasteiger partial charge < -0.3 is 53.8 Å². The molecule has 0 aromatic heterocycles. The summed E-state index contributed by atoms with van der Waals surface area (Å²) in [5, 5.41) is 33.5. The molecule has 1 aliphatic heterocycles. The molecule has 0 saturated carbocycles. The van der Waals surface area contributed by atoms with E-state index in [1.54, 1.807) is 12.1 Å². The minimum Gasteiger partial charge on any atom is -0.479 e. The van der Waals surface area contributed by atoms with Crippen LogP contribution in [0.25, 0.3) is 0 Å². The van der Waals surface area contributed by atoms with E-state index in [0.29, 0.717) is 16.7 Å². The maximum atomic E-state index is 13.2. The van der Waals surface area contributed by atoms with Crippen molar-refractivity contribution in [3.05, 3.63) is 58.7 Å². The summed E-state index contributed by atoms with van der Waals surface area (Å²) in [6.45, 7) is 0.891. The summed E-state index contributed by atoms with van der Waals surface area (Å²) in [5.41, 5.74) is 1.67. The highest BCUT2D eigenvalue weighted by molar-refractivity contribution is 5.97. The fourth-order valence-electron chi connectivity index (χ4n) is 4.43. The average Bonchev–Trinajstić information content (AvgIpc) is 3.07. The maximum Gasteiger partial charge on any atom is 0.411 e. The standard InChI is InChI=1S/C31H38N2O15/c34-6-8-43-10-9-42-7-5-32-29(38)24-12-21(2-4-26(24)47-28-14-23(37)13-27(48-28)30(39)40)16-46-31(41)33-25-3-1-20(15-44-18-35)11-22(25)17-45-19-36/h1-4,11-12,18-19,23,27-28,34,37H,5-10,13-17H2,(H,32,38)(H,33,41)(H,39,40). The van der Waals surface area contributed by atoms with Crippen LogP contribution in [-0.2, 0) is 62.6 Å². The van der Waals surface area contributed by atoms with Gasteiger partial charge in [0.25, 0.3) is 18.9 Å². The minimum atomic E-state index is -1.30. The molecule has 0 bridgehead atoms. The van der Waals surface area contributed by atoms with Crippen LogP contribution >= 0.6 is 0 Å². The van der Waals surface area contributed by atoms with Gasteiger partial charge in [-0.05, 0) is 35.4 Å². The minimum absolute atomic E-state index is 0.0137. The number of aliphatic hydroxyl groups excluding tert-OH is 2. The van der Waals surface area contributed by atoms with Crippen LogP contribution in [0.15, 0.2) is 36.4 Å². The van der Waals surface area contributed by atoms with Crippen LogP contribution in [0.4, 0.5) is 10.5 Å². The molecule has 3 unspecified atom stereocenters. The zero-order chi connectivity index (χ0) is 34.7. The molecular formula is C31H38N2O15. The Morgan fingerprint density at radius 2 is 1.60 bits per heavy atom. The Balaban J connectivity index is 1.69. The van der Waals surface area contributed by atoms with Crippen molar-refractivity contribution in [1.82, 2.24) is 5.32 Å². The highest BCUT2D eigenvalue weighted by Crippen LogP contribution is 2.27. The summed E-state index contributed by atoms with van der Waals surface area (Å²) in [7, 11) is 0. The third-order valence-corrected chi connectivity index (χ3v) is 6.63. The number of nitrogens with one attached hydrogen (secondary N) is 2. The number of aliphatic carboxylic acids is 1. The number of carbonyl (C=O) groups is 5. The van der Waals surface area contributed by atoms with Crippen molar-refractivity contribution in [2.45, 2.75) is 51.2 Å². The molecule has 17 heteroatoms. The van der Waals surface area contributed by atoms with Crippen molar-refractivity contribution in [2.75, 3.05) is 44.9 Å². The van der Waals surface area contributed by atoms with E-state index in [1.165, 1.54) is 24.3 Å². The predicted octanol–water partition coefficient (Wildman–Crippen LogP) is 0.866. The molecule has 0 aliphatic carbocycles. The van der Waals surface area contributed by atoms with Gasteiger partial charge in [-0.25, -0.2) is 9.59 Å². The van der Waals surface area contributed by atoms with Gasteiger partial charge in [-0.1, -0.05) is 12.1 Å². The number of carbonyl (C=O) groups excluding carboxylic acids is 4. The highest BCUT2D eigenvalue weighted by atomic mass is 16.7. The van der Waals surface area contributed by atoms with E-state index >= 15 is 0 Å². The summed E-state index contributed by atoms with van der Waals surface area (Å²) in [4.78, 5) is 58.6. The number of ether oxygens (including phenoxy) is 7. The first-order chi connectivity index (χ1) is 23.2. The molecule has 0 spiro atoms. The molecular weight excluding hydrogens is 640 g/mol. The van der Waals surface area contributed by atoms with Gasteiger partial charge in [-0.3, -0.25) is 19.7 Å². The largest absolute Gasteiger partial charge is 0.479 e. The zero-order valence-corrected chi connectivity index (χ0v) is 25.9. The quantitative estimate of drug-likeness (QED) is 0.0700. The molecule has 17 nitrogen and oxygen atoms in total. The van der Waals surface area contributed by atoms with Crippen LogP contribution < -0.4 is 15.4 Å². The first-order valence-electron chi connectivity index (χ1n) is 14.8. The Morgan fingerprint density at radius 3 is 2.33 bits per heavy atom. The van der Waals surface area contributed by atoms with E-state index in [2.05, 4.69) is 10.6 Å². The van der Waals surface area contributed by atoms with Crippen LogP contribution in [0.1, 0.15) is 39.9 Å². The van der Waals surface area contributed by atoms with Crippen molar-refractivity contribution >= 4 is 36.6 Å². The van der Waals surface area contributed by atoms with Crippen LogP contribution in [0.2, 0.25) is 0 Å². The van der Waals surface area contributed by atoms with E-state index in [-0.39, 0.29) is 102 Å². The lowest BCUT2D eigenvalue weighted by atomic mass is 10.0. The van der Waals surface area contributed by atoms with Gasteiger partial charge in [0.15, 0.2) is 6.10 Å². The zero-order valence-electron chi connectivity index (χ0n) is 25.9.